The van der Waals surface area contributed by atoms with Crippen LogP contribution in [0.25, 0.3) is 0 Å². The lowest BCUT2D eigenvalue weighted by Gasteiger charge is -2.27. The molecule has 0 unspecified atom stereocenters. The van der Waals surface area contributed by atoms with E-state index in [4.69, 9.17) is 4.74 Å². The van der Waals surface area contributed by atoms with Gasteiger partial charge in [-0.1, -0.05) is 0 Å². The first-order valence-corrected chi connectivity index (χ1v) is 8.36. The van der Waals surface area contributed by atoms with Gasteiger partial charge in [0.05, 0.1) is 6.61 Å². The first-order valence-electron chi connectivity index (χ1n) is 7.59. The van der Waals surface area contributed by atoms with Crippen molar-refractivity contribution in [3.8, 4) is 0 Å². The smallest absolute Gasteiger partial charge is 0.207 e. The molecule has 0 bridgehead atoms. The standard InChI is InChI=1S/C16H24N4OS/c1-5-20(12(2)3)14-8-6-13(7-9-14)17-16-18-15(19-22-16)10-11-21-4/h6-9,12H,5,10-11H2,1-4H3,(H,17,18,19). The molecule has 0 saturated carbocycles. The number of anilines is 3. The van der Waals surface area contributed by atoms with Gasteiger partial charge in [0.2, 0.25) is 5.13 Å². The number of nitrogens with zero attached hydrogens (tertiary/aromatic N) is 3. The van der Waals surface area contributed by atoms with Crippen molar-refractivity contribution in [2.75, 3.05) is 30.5 Å². The minimum absolute atomic E-state index is 0.496. The van der Waals surface area contributed by atoms with Crippen molar-refractivity contribution in [3.05, 3.63) is 30.1 Å². The summed E-state index contributed by atoms with van der Waals surface area (Å²) in [7, 11) is 1.68. The van der Waals surface area contributed by atoms with E-state index in [2.05, 4.69) is 64.6 Å². The summed E-state index contributed by atoms with van der Waals surface area (Å²) >= 11 is 1.38. The van der Waals surface area contributed by atoms with E-state index in [1.807, 2.05) is 0 Å². The summed E-state index contributed by atoms with van der Waals surface area (Å²) in [4.78, 5) is 6.81. The monoisotopic (exact) mass is 320 g/mol. The molecule has 0 atom stereocenters. The second-order valence-electron chi connectivity index (χ2n) is 5.31. The van der Waals surface area contributed by atoms with Gasteiger partial charge in [-0.05, 0) is 45.0 Å². The third kappa shape index (κ3) is 4.42. The van der Waals surface area contributed by atoms with Crippen LogP contribution in [0.4, 0.5) is 16.5 Å². The highest BCUT2D eigenvalue weighted by atomic mass is 32.1. The zero-order valence-electron chi connectivity index (χ0n) is 13.7. The van der Waals surface area contributed by atoms with Crippen molar-refractivity contribution in [1.29, 1.82) is 0 Å². The Balaban J connectivity index is 2.00. The molecule has 6 heteroatoms. The summed E-state index contributed by atoms with van der Waals surface area (Å²) in [6.45, 7) is 8.24. The minimum Gasteiger partial charge on any atom is -0.384 e. The van der Waals surface area contributed by atoms with Crippen LogP contribution >= 0.6 is 11.5 Å². The summed E-state index contributed by atoms with van der Waals surface area (Å²) < 4.78 is 9.35. The molecule has 1 aromatic heterocycles. The predicted molar refractivity (Wildman–Crippen MR) is 93.4 cm³/mol. The molecule has 120 valence electrons. The van der Waals surface area contributed by atoms with Crippen molar-refractivity contribution in [1.82, 2.24) is 9.36 Å². The minimum atomic E-state index is 0.496. The molecule has 2 aromatic rings. The van der Waals surface area contributed by atoms with Crippen LogP contribution in [0.5, 0.6) is 0 Å². The number of aromatic nitrogens is 2. The molecule has 1 aromatic carbocycles. The molecule has 0 aliphatic heterocycles. The Hall–Kier alpha value is -1.66. The number of hydrogen-bond acceptors (Lipinski definition) is 6. The van der Waals surface area contributed by atoms with Crippen molar-refractivity contribution >= 4 is 28.0 Å². The molecule has 2 rings (SSSR count). The normalized spacial score (nSPS) is 11.0. The van der Waals surface area contributed by atoms with Crippen LogP contribution in [-0.2, 0) is 11.2 Å². The Labute approximate surface area is 136 Å². The molecule has 22 heavy (non-hydrogen) atoms. The van der Waals surface area contributed by atoms with E-state index in [1.54, 1.807) is 7.11 Å². The fraction of sp³-hybridized carbons (Fsp3) is 0.500. The SMILES string of the molecule is CCN(c1ccc(Nc2nc(CCOC)ns2)cc1)C(C)C. The van der Waals surface area contributed by atoms with E-state index in [0.717, 1.165) is 29.6 Å². The van der Waals surface area contributed by atoms with Gasteiger partial charge in [0, 0.05) is 49.0 Å². The Morgan fingerprint density at radius 3 is 2.59 bits per heavy atom. The second kappa shape index (κ2) is 8.10. The van der Waals surface area contributed by atoms with E-state index in [1.165, 1.54) is 17.2 Å². The van der Waals surface area contributed by atoms with E-state index >= 15 is 0 Å². The first-order chi connectivity index (χ1) is 10.6. The summed E-state index contributed by atoms with van der Waals surface area (Å²) in [5.41, 5.74) is 2.26. The second-order valence-corrected chi connectivity index (χ2v) is 6.06. The van der Waals surface area contributed by atoms with Crippen LogP contribution in [0, 0.1) is 0 Å². The van der Waals surface area contributed by atoms with Crippen molar-refractivity contribution < 1.29 is 4.74 Å². The van der Waals surface area contributed by atoms with Crippen LogP contribution in [0.15, 0.2) is 24.3 Å². The fourth-order valence-corrected chi connectivity index (χ4v) is 2.94. The summed E-state index contributed by atoms with van der Waals surface area (Å²) in [6.07, 6.45) is 0.744. The maximum Gasteiger partial charge on any atom is 0.207 e. The summed E-state index contributed by atoms with van der Waals surface area (Å²) in [5, 5.41) is 4.11. The van der Waals surface area contributed by atoms with E-state index in [9.17, 15) is 0 Å². The zero-order chi connectivity index (χ0) is 15.9. The summed E-state index contributed by atoms with van der Waals surface area (Å²) in [6, 6.07) is 8.93. The van der Waals surface area contributed by atoms with Gasteiger partial charge in [0.25, 0.3) is 0 Å². The molecule has 1 heterocycles. The third-order valence-corrected chi connectivity index (χ3v) is 4.08. The maximum absolute atomic E-state index is 5.04. The van der Waals surface area contributed by atoms with Crippen LogP contribution in [-0.4, -0.2) is 35.7 Å². The Morgan fingerprint density at radius 2 is 2.00 bits per heavy atom. The van der Waals surface area contributed by atoms with Gasteiger partial charge in [0.15, 0.2) is 0 Å². The number of ether oxygens (including phenoxy) is 1. The van der Waals surface area contributed by atoms with Gasteiger partial charge in [-0.15, -0.1) is 0 Å². The molecule has 0 fully saturated rings. The molecule has 0 aliphatic rings. The van der Waals surface area contributed by atoms with Gasteiger partial charge in [-0.3, -0.25) is 0 Å². The quantitative estimate of drug-likeness (QED) is 0.803. The molecule has 0 spiro atoms. The number of methoxy groups -OCH3 is 1. The average Bonchev–Trinajstić information content (AvgIpc) is 2.95. The largest absolute Gasteiger partial charge is 0.384 e. The highest BCUT2D eigenvalue weighted by Crippen LogP contribution is 2.23. The Morgan fingerprint density at radius 1 is 1.27 bits per heavy atom. The zero-order valence-corrected chi connectivity index (χ0v) is 14.5. The number of nitrogens with one attached hydrogen (secondary N) is 1. The maximum atomic E-state index is 5.04. The number of rotatable bonds is 8. The highest BCUT2D eigenvalue weighted by Gasteiger charge is 2.08. The van der Waals surface area contributed by atoms with E-state index in [-0.39, 0.29) is 0 Å². The molecule has 0 amide bonds. The van der Waals surface area contributed by atoms with Gasteiger partial charge in [-0.2, -0.15) is 4.37 Å². The number of benzene rings is 1. The molecular formula is C16H24N4OS. The predicted octanol–water partition coefficient (Wildman–Crippen LogP) is 3.71. The van der Waals surface area contributed by atoms with Gasteiger partial charge in [-0.25, -0.2) is 4.98 Å². The van der Waals surface area contributed by atoms with Crippen LogP contribution < -0.4 is 10.2 Å². The third-order valence-electron chi connectivity index (χ3n) is 3.41. The van der Waals surface area contributed by atoms with Crippen LogP contribution in [0.2, 0.25) is 0 Å². The van der Waals surface area contributed by atoms with Crippen molar-refractivity contribution in [2.24, 2.45) is 0 Å². The molecular weight excluding hydrogens is 296 g/mol. The molecule has 0 radical (unpaired) electrons. The number of hydrogen-bond donors (Lipinski definition) is 1. The van der Waals surface area contributed by atoms with E-state index < -0.39 is 0 Å². The highest BCUT2D eigenvalue weighted by molar-refractivity contribution is 7.09. The van der Waals surface area contributed by atoms with Gasteiger partial charge in [0.1, 0.15) is 5.82 Å². The Bertz CT molecular complexity index is 568. The first kappa shape index (κ1) is 16.7. The van der Waals surface area contributed by atoms with Crippen molar-refractivity contribution in [3.63, 3.8) is 0 Å². The summed E-state index contributed by atoms with van der Waals surface area (Å²) in [5.74, 6) is 0.822. The van der Waals surface area contributed by atoms with Crippen LogP contribution in [0.3, 0.4) is 0 Å². The molecule has 1 N–H and O–H groups in total. The Kier molecular flexibility index (Phi) is 6.15. The molecule has 5 nitrogen and oxygen atoms in total. The molecule has 0 saturated heterocycles. The van der Waals surface area contributed by atoms with Gasteiger partial charge >= 0.3 is 0 Å². The van der Waals surface area contributed by atoms with Crippen LogP contribution in [0.1, 0.15) is 26.6 Å². The lowest BCUT2D eigenvalue weighted by molar-refractivity contribution is 0.201. The van der Waals surface area contributed by atoms with E-state index in [0.29, 0.717) is 12.6 Å². The lowest BCUT2D eigenvalue weighted by Crippen LogP contribution is -2.30. The van der Waals surface area contributed by atoms with Crippen molar-refractivity contribution in [2.45, 2.75) is 33.2 Å². The molecule has 0 aliphatic carbocycles. The average molecular weight is 320 g/mol. The van der Waals surface area contributed by atoms with Gasteiger partial charge < -0.3 is 15.0 Å². The topological polar surface area (TPSA) is 50.3 Å². The lowest BCUT2D eigenvalue weighted by atomic mass is 10.2. The fourth-order valence-electron chi connectivity index (χ4n) is 2.31.